The summed E-state index contributed by atoms with van der Waals surface area (Å²) in [6, 6.07) is 7.72. The molecule has 2 heterocycles. The van der Waals surface area contributed by atoms with Crippen molar-refractivity contribution in [2.45, 2.75) is 72.0 Å². The van der Waals surface area contributed by atoms with Gasteiger partial charge in [0.2, 0.25) is 5.91 Å². The van der Waals surface area contributed by atoms with Crippen molar-refractivity contribution in [2.24, 2.45) is 5.92 Å². The van der Waals surface area contributed by atoms with Gasteiger partial charge >= 0.3 is 6.09 Å². The Morgan fingerprint density at radius 2 is 1.97 bits per heavy atom. The van der Waals surface area contributed by atoms with E-state index in [2.05, 4.69) is 10.3 Å². The lowest BCUT2D eigenvalue weighted by molar-refractivity contribution is -0.134. The highest BCUT2D eigenvalue weighted by Crippen LogP contribution is 2.18. The molecular weight excluding hydrogens is 502 g/mol. The monoisotopic (exact) mass is 545 g/mol. The fourth-order valence-electron chi connectivity index (χ4n) is 4.21. The zero-order valence-electron chi connectivity index (χ0n) is 24.1. The SMILES string of the molecule is COc1ccc(COCCN2C[C@H](C)[C@H](CN(C)C(=O)OC(C)(C)C)OCc3cn(nn3)CCCC2=O)cc1. The number of aryl methyl sites for hydroxylation is 1. The number of carbonyl (C=O) groups is 2. The number of fused-ring (bicyclic) bond motifs is 2. The molecule has 216 valence electrons. The van der Waals surface area contributed by atoms with Crippen molar-refractivity contribution in [3.63, 3.8) is 0 Å². The second kappa shape index (κ2) is 14.3. The molecule has 2 aromatic rings. The third-order valence-corrected chi connectivity index (χ3v) is 6.40. The van der Waals surface area contributed by atoms with Gasteiger partial charge in [-0.15, -0.1) is 5.10 Å². The molecule has 2 atom stereocenters. The largest absolute Gasteiger partial charge is 0.497 e. The molecule has 3 rings (SSSR count). The maximum atomic E-state index is 13.2. The van der Waals surface area contributed by atoms with E-state index in [1.54, 1.807) is 18.8 Å². The number of hydrogen-bond donors (Lipinski definition) is 0. The van der Waals surface area contributed by atoms with E-state index >= 15 is 0 Å². The zero-order valence-corrected chi connectivity index (χ0v) is 24.1. The van der Waals surface area contributed by atoms with Gasteiger partial charge in [0.15, 0.2) is 0 Å². The first-order valence-corrected chi connectivity index (χ1v) is 13.5. The minimum absolute atomic E-state index is 0.0498. The lowest BCUT2D eigenvalue weighted by Gasteiger charge is -2.33. The highest BCUT2D eigenvalue weighted by atomic mass is 16.6. The average molecular weight is 546 g/mol. The quantitative estimate of drug-likeness (QED) is 0.464. The molecule has 0 spiro atoms. The van der Waals surface area contributed by atoms with E-state index in [0.29, 0.717) is 57.9 Å². The van der Waals surface area contributed by atoms with Crippen LogP contribution < -0.4 is 4.74 Å². The maximum Gasteiger partial charge on any atom is 0.410 e. The van der Waals surface area contributed by atoms with Crippen molar-refractivity contribution in [3.8, 4) is 5.75 Å². The van der Waals surface area contributed by atoms with Crippen LogP contribution in [0.3, 0.4) is 0 Å². The van der Waals surface area contributed by atoms with Gasteiger partial charge in [-0.05, 0) is 44.9 Å². The lowest BCUT2D eigenvalue weighted by atomic mass is 10.0. The minimum Gasteiger partial charge on any atom is -0.497 e. The minimum atomic E-state index is -0.601. The summed E-state index contributed by atoms with van der Waals surface area (Å²) < 4.78 is 24.6. The van der Waals surface area contributed by atoms with E-state index in [4.69, 9.17) is 18.9 Å². The highest BCUT2D eigenvalue weighted by molar-refractivity contribution is 5.76. The summed E-state index contributed by atoms with van der Waals surface area (Å²) >= 11 is 0. The van der Waals surface area contributed by atoms with E-state index in [9.17, 15) is 9.59 Å². The maximum absolute atomic E-state index is 13.2. The van der Waals surface area contributed by atoms with Crippen molar-refractivity contribution in [1.29, 1.82) is 0 Å². The molecule has 0 aliphatic carbocycles. The summed E-state index contributed by atoms with van der Waals surface area (Å²) in [5.74, 6) is 0.773. The molecular formula is C28H43N5O6. The van der Waals surface area contributed by atoms with E-state index in [-0.39, 0.29) is 24.5 Å². The summed E-state index contributed by atoms with van der Waals surface area (Å²) in [5, 5.41) is 8.34. The van der Waals surface area contributed by atoms with Gasteiger partial charge in [0, 0.05) is 39.0 Å². The van der Waals surface area contributed by atoms with E-state index < -0.39 is 11.7 Å². The van der Waals surface area contributed by atoms with Crippen molar-refractivity contribution in [2.75, 3.05) is 40.4 Å². The topological polar surface area (TPSA) is 108 Å². The smallest absolute Gasteiger partial charge is 0.410 e. The number of amides is 2. The Bertz CT molecular complexity index is 1050. The number of benzene rings is 1. The van der Waals surface area contributed by atoms with E-state index in [1.807, 2.05) is 63.1 Å². The van der Waals surface area contributed by atoms with Crippen LogP contribution in [0.25, 0.3) is 0 Å². The number of hydrogen-bond acceptors (Lipinski definition) is 8. The molecule has 2 amide bonds. The third kappa shape index (κ3) is 10.1. The second-order valence-corrected chi connectivity index (χ2v) is 11.0. The van der Waals surface area contributed by atoms with Gasteiger partial charge in [-0.2, -0.15) is 0 Å². The van der Waals surface area contributed by atoms with Crippen LogP contribution >= 0.6 is 0 Å². The molecule has 11 heteroatoms. The number of methoxy groups -OCH3 is 1. The first kappa shape index (κ1) is 30.4. The summed E-state index contributed by atoms with van der Waals surface area (Å²) in [6.07, 6.45) is 2.11. The molecule has 1 aromatic carbocycles. The predicted molar refractivity (Wildman–Crippen MR) is 145 cm³/mol. The average Bonchev–Trinajstić information content (AvgIpc) is 3.34. The normalized spacial score (nSPS) is 19.0. The molecule has 2 bridgehead atoms. The lowest BCUT2D eigenvalue weighted by Crippen LogP contribution is -2.45. The van der Waals surface area contributed by atoms with Crippen LogP contribution in [0.4, 0.5) is 4.79 Å². The Kier molecular flexibility index (Phi) is 11.1. The number of likely N-dealkylation sites (N-methyl/N-ethyl adjacent to an activating group) is 1. The van der Waals surface area contributed by atoms with Crippen molar-refractivity contribution in [3.05, 3.63) is 41.7 Å². The number of aromatic nitrogens is 3. The Morgan fingerprint density at radius 1 is 1.23 bits per heavy atom. The van der Waals surface area contributed by atoms with Crippen LogP contribution in [0.15, 0.2) is 30.5 Å². The number of rotatable bonds is 8. The van der Waals surface area contributed by atoms with Gasteiger partial charge in [-0.3, -0.25) is 9.48 Å². The Balaban J connectivity index is 1.66. The van der Waals surface area contributed by atoms with Crippen molar-refractivity contribution in [1.82, 2.24) is 24.8 Å². The molecule has 39 heavy (non-hydrogen) atoms. The number of ether oxygens (including phenoxy) is 4. The first-order chi connectivity index (χ1) is 18.5. The third-order valence-electron chi connectivity index (χ3n) is 6.40. The number of nitrogens with zero attached hydrogens (tertiary/aromatic N) is 5. The molecule has 1 aliphatic rings. The molecule has 11 nitrogen and oxygen atoms in total. The van der Waals surface area contributed by atoms with Crippen LogP contribution in [0.1, 0.15) is 51.8 Å². The fourth-order valence-corrected chi connectivity index (χ4v) is 4.21. The molecule has 0 saturated heterocycles. The van der Waals surface area contributed by atoms with Gasteiger partial charge in [-0.1, -0.05) is 24.3 Å². The van der Waals surface area contributed by atoms with E-state index in [0.717, 1.165) is 11.3 Å². The van der Waals surface area contributed by atoms with Crippen LogP contribution in [-0.4, -0.2) is 88.9 Å². The predicted octanol–water partition coefficient (Wildman–Crippen LogP) is 3.51. The molecule has 0 saturated carbocycles. The van der Waals surface area contributed by atoms with Gasteiger partial charge < -0.3 is 28.7 Å². The Labute approximate surface area is 231 Å². The van der Waals surface area contributed by atoms with Gasteiger partial charge in [0.05, 0.1) is 45.8 Å². The van der Waals surface area contributed by atoms with Gasteiger partial charge in [0.1, 0.15) is 17.0 Å². The zero-order chi connectivity index (χ0) is 28.4. The van der Waals surface area contributed by atoms with E-state index in [1.165, 1.54) is 4.90 Å². The second-order valence-electron chi connectivity index (χ2n) is 11.0. The Hall–Kier alpha value is -3.18. The standard InChI is InChI=1S/C28H43N5O6/c1-21-16-32(14-15-37-19-22-9-11-24(36-6)12-10-22)26(34)8-7-13-33-17-23(29-30-33)20-38-25(21)18-31(5)27(35)39-28(2,3)4/h9-12,17,21,25H,7-8,13-16,18-20H2,1-6H3/t21-,25-/m0/s1. The first-order valence-electron chi connectivity index (χ1n) is 13.5. The van der Waals surface area contributed by atoms with Gasteiger partial charge in [-0.25, -0.2) is 4.79 Å². The summed E-state index contributed by atoms with van der Waals surface area (Å²) in [7, 11) is 3.33. The van der Waals surface area contributed by atoms with Crippen LogP contribution in [0, 0.1) is 5.92 Å². The summed E-state index contributed by atoms with van der Waals surface area (Å²) in [5.41, 5.74) is 1.14. The van der Waals surface area contributed by atoms with Gasteiger partial charge in [0.25, 0.3) is 0 Å². The van der Waals surface area contributed by atoms with Crippen LogP contribution in [-0.2, 0) is 38.8 Å². The molecule has 1 aromatic heterocycles. The highest BCUT2D eigenvalue weighted by Gasteiger charge is 2.28. The molecule has 0 unspecified atom stereocenters. The van der Waals surface area contributed by atoms with Crippen LogP contribution in [0.5, 0.6) is 5.75 Å². The number of carbonyl (C=O) groups excluding carboxylic acids is 2. The molecule has 0 N–H and O–H groups in total. The van der Waals surface area contributed by atoms with Crippen molar-refractivity contribution >= 4 is 12.0 Å². The summed E-state index contributed by atoms with van der Waals surface area (Å²) in [4.78, 5) is 29.2. The van der Waals surface area contributed by atoms with Crippen molar-refractivity contribution < 1.29 is 28.5 Å². The molecule has 0 radical (unpaired) electrons. The fraction of sp³-hybridized carbons (Fsp3) is 0.643. The Morgan fingerprint density at radius 3 is 2.67 bits per heavy atom. The summed E-state index contributed by atoms with van der Waals surface area (Å²) in [6.45, 7) is 10.5. The molecule has 0 fully saturated rings. The molecule has 1 aliphatic heterocycles. The van der Waals surface area contributed by atoms with Crippen LogP contribution in [0.2, 0.25) is 0 Å².